The highest BCUT2D eigenvalue weighted by atomic mass is 127. The van der Waals surface area contributed by atoms with Crippen LogP contribution in [0.25, 0.3) is 62.6 Å². The van der Waals surface area contributed by atoms with Gasteiger partial charge in [0.1, 0.15) is 0 Å². The van der Waals surface area contributed by atoms with Crippen molar-refractivity contribution in [3.8, 4) is 62.6 Å². The average Bonchev–Trinajstić information content (AvgIpc) is 4.25. The number of likely N-dealkylation sites (N-methyl/N-ethyl adjacent to an activating group) is 1. The lowest BCUT2D eigenvalue weighted by atomic mass is 10.0. The summed E-state index contributed by atoms with van der Waals surface area (Å²) in [4.78, 5) is 7.72. The molecule has 0 aliphatic rings. The molecule has 5 aromatic carbocycles. The van der Waals surface area contributed by atoms with E-state index < -0.39 is 0 Å². The van der Waals surface area contributed by atoms with Crippen molar-refractivity contribution >= 4 is 67.9 Å². The zero-order chi connectivity index (χ0) is 49.8. The third-order valence-corrected chi connectivity index (χ3v) is 16.9. The topological polar surface area (TPSA) is 116 Å². The van der Waals surface area contributed by atoms with Crippen molar-refractivity contribution in [2.75, 3.05) is 39.8 Å². The van der Waals surface area contributed by atoms with Crippen molar-refractivity contribution in [2.45, 2.75) is 58.3 Å². The van der Waals surface area contributed by atoms with Crippen molar-refractivity contribution < 1.29 is 0 Å². The first kappa shape index (κ1) is 54.2. The van der Waals surface area contributed by atoms with Gasteiger partial charge < -0.3 is 28.3 Å². The number of benzene rings is 5. The van der Waals surface area contributed by atoms with Gasteiger partial charge in [-0.25, -0.2) is 0 Å². The molecule has 9 rings (SSSR count). The van der Waals surface area contributed by atoms with E-state index in [4.69, 9.17) is 22.9 Å². The van der Waals surface area contributed by atoms with Gasteiger partial charge in [0.15, 0.2) is 0 Å². The fourth-order valence-corrected chi connectivity index (χ4v) is 12.8. The van der Waals surface area contributed by atoms with E-state index in [1.165, 1.54) is 119 Å². The molecule has 71 heavy (non-hydrogen) atoms. The number of unbranched alkanes of at least 4 members (excludes halogenated alkanes) is 1. The second-order valence-corrected chi connectivity index (χ2v) is 22.9. The smallest absolute Gasteiger partial charge is 0.0349 e. The Bertz CT molecular complexity index is 2750. The largest absolute Gasteiger partial charge is 0.330 e. The third-order valence-electron chi connectivity index (χ3n) is 12.0. The fraction of sp³-hybridized carbons (Fsp3) is 0.246. The summed E-state index contributed by atoms with van der Waals surface area (Å²) in [6.07, 6.45) is 8.43. The summed E-state index contributed by atoms with van der Waals surface area (Å²) in [5, 5.41) is 7.43. The summed E-state index contributed by atoms with van der Waals surface area (Å²) in [6.45, 7) is 5.89. The van der Waals surface area contributed by atoms with Crippen LogP contribution in [-0.2, 0) is 38.5 Å². The van der Waals surface area contributed by atoms with Crippen molar-refractivity contribution in [2.24, 2.45) is 22.9 Å². The number of hydrogen-bond acceptors (Lipinski definition) is 9. The molecule has 0 radical (unpaired) electrons. The van der Waals surface area contributed by atoms with Crippen molar-refractivity contribution in [3.05, 3.63) is 199 Å². The maximum absolute atomic E-state index is 5.86. The van der Waals surface area contributed by atoms with Crippen LogP contribution in [-0.4, -0.2) is 39.8 Å². The van der Waals surface area contributed by atoms with Gasteiger partial charge in [0.2, 0.25) is 0 Å². The predicted octanol–water partition coefficient (Wildman–Crippen LogP) is 15.0. The number of nitrogens with two attached hydrogens (primary N) is 4. The number of hydrogen-bond donors (Lipinski definition) is 5. The van der Waals surface area contributed by atoms with Crippen molar-refractivity contribution in [3.63, 3.8) is 0 Å². The maximum Gasteiger partial charge on any atom is 0.0349 e. The first-order chi connectivity index (χ1) is 34.8. The Morgan fingerprint density at radius 2 is 0.761 bits per heavy atom. The molecule has 0 amide bonds. The highest BCUT2D eigenvalue weighted by Crippen LogP contribution is 2.40. The SMILES string of the molecule is CCCCc1cc(I)cc(CCNC)c1.NCCc1cc(CCN)cc(-c2ccc(-c3cccc(-c4ccc(-c5cc(CCN)cc(CCN)c5)s4)c3)s2)c1.c1cc(-c2cccs2)cc(-c2cccs2)c1. The van der Waals surface area contributed by atoms with Crippen molar-refractivity contribution in [1.82, 2.24) is 5.32 Å². The van der Waals surface area contributed by atoms with E-state index in [0.29, 0.717) is 26.2 Å². The van der Waals surface area contributed by atoms with E-state index in [1.54, 1.807) is 22.7 Å². The Hall–Kier alpha value is -4.57. The van der Waals surface area contributed by atoms with Crippen LogP contribution in [0.1, 0.15) is 53.1 Å². The van der Waals surface area contributed by atoms with Crippen molar-refractivity contribution in [1.29, 1.82) is 0 Å². The Morgan fingerprint density at radius 3 is 1.11 bits per heavy atom. The number of rotatable bonds is 20. The maximum atomic E-state index is 5.86. The second-order valence-electron chi connectivity index (χ2n) is 17.6. The molecule has 0 spiro atoms. The molecule has 0 saturated carbocycles. The molecule has 0 aliphatic heterocycles. The van der Waals surface area contributed by atoms with Crippen LogP contribution in [0.2, 0.25) is 0 Å². The van der Waals surface area contributed by atoms with Crippen LogP contribution >= 0.6 is 67.9 Å². The molecule has 9 aromatic rings. The normalized spacial score (nSPS) is 11.0. The summed E-state index contributed by atoms with van der Waals surface area (Å²) in [7, 11) is 2.01. The molecule has 5 nitrogen and oxygen atoms in total. The van der Waals surface area contributed by atoms with E-state index in [0.717, 1.165) is 38.6 Å². The minimum atomic E-state index is 0.645. The van der Waals surface area contributed by atoms with Gasteiger partial charge in [0.25, 0.3) is 0 Å². The monoisotopic (exact) mass is 1130 g/mol. The highest BCUT2D eigenvalue weighted by Gasteiger charge is 2.12. The van der Waals surface area contributed by atoms with E-state index in [9.17, 15) is 0 Å². The van der Waals surface area contributed by atoms with Gasteiger partial charge in [-0.15, -0.1) is 45.3 Å². The number of aryl methyl sites for hydroxylation is 1. The summed E-state index contributed by atoms with van der Waals surface area (Å²) in [5.74, 6) is 0. The molecule has 0 bridgehead atoms. The van der Waals surface area contributed by atoms with E-state index >= 15 is 0 Å². The minimum absolute atomic E-state index is 0.645. The van der Waals surface area contributed by atoms with Gasteiger partial charge in [-0.1, -0.05) is 104 Å². The molecule has 0 aliphatic carbocycles. The van der Waals surface area contributed by atoms with Crippen LogP contribution in [0.3, 0.4) is 0 Å². The van der Waals surface area contributed by atoms with Gasteiger partial charge in [0, 0.05) is 32.8 Å². The Balaban J connectivity index is 0.000000194. The summed E-state index contributed by atoms with van der Waals surface area (Å²) in [6, 6.07) is 55.6. The molecule has 4 aromatic heterocycles. The molecule has 0 saturated heterocycles. The Kier molecular flexibility index (Phi) is 21.8. The standard InChI is InChI=1S/C34H38N4S2.C14H10S2.C13H20IN/c35-12-8-23-16-24(9-13-36)19-29(18-23)33-6-4-31(39-33)27-2-1-3-28(22-27)32-5-7-34(40-32)30-20-25(10-14-37)17-26(21-30)11-15-38;1-4-11(13-6-2-8-15-13)10-12(5-1)14-7-3-9-16-14;1-3-4-5-11-8-12(6-7-15-2)10-13(14)9-11/h1-7,16-22H,8-15,35-38H2;1-10H;8-10,15H,3-7H2,1-2H3. The lowest BCUT2D eigenvalue weighted by Crippen LogP contribution is -2.10. The molecular weight excluding hydrogens is 1060 g/mol. The zero-order valence-corrected chi connectivity index (χ0v) is 46.5. The van der Waals surface area contributed by atoms with Gasteiger partial charge in [-0.2, -0.15) is 0 Å². The van der Waals surface area contributed by atoms with Crippen LogP contribution in [0.15, 0.2) is 162 Å². The molecule has 0 unspecified atom stereocenters. The quantitative estimate of drug-likeness (QED) is 0.0488. The first-order valence-corrected chi connectivity index (χ1v) is 29.2. The third kappa shape index (κ3) is 16.2. The van der Waals surface area contributed by atoms with E-state index in [1.807, 2.05) is 29.7 Å². The predicted molar refractivity (Wildman–Crippen MR) is 323 cm³/mol. The van der Waals surface area contributed by atoms with Gasteiger partial charge in [0.05, 0.1) is 0 Å². The fourth-order valence-electron chi connectivity index (χ4n) is 8.54. The number of nitrogens with one attached hydrogen (secondary N) is 1. The highest BCUT2D eigenvalue weighted by molar-refractivity contribution is 14.1. The van der Waals surface area contributed by atoms with E-state index in [-0.39, 0.29) is 0 Å². The van der Waals surface area contributed by atoms with Crippen LogP contribution in [0, 0.1) is 3.57 Å². The molecule has 0 fully saturated rings. The van der Waals surface area contributed by atoms with Crippen LogP contribution < -0.4 is 28.3 Å². The lowest BCUT2D eigenvalue weighted by molar-refractivity contribution is 0.779. The van der Waals surface area contributed by atoms with Gasteiger partial charge in [-0.05, 0) is 245 Å². The summed E-state index contributed by atoms with van der Waals surface area (Å²) < 4.78 is 1.37. The molecule has 0 atom stereocenters. The number of halogens is 1. The molecule has 10 heteroatoms. The summed E-state index contributed by atoms with van der Waals surface area (Å²) >= 11 is 9.65. The Morgan fingerprint density at radius 1 is 0.394 bits per heavy atom. The molecular formula is C61H68IN5S4. The molecule has 9 N–H and O–H groups in total. The number of thiophene rings is 4. The summed E-state index contributed by atoms with van der Waals surface area (Å²) in [5.41, 5.74) is 39.1. The second kappa shape index (κ2) is 28.6. The van der Waals surface area contributed by atoms with Crippen LogP contribution in [0.4, 0.5) is 0 Å². The minimum Gasteiger partial charge on any atom is -0.330 e. The van der Waals surface area contributed by atoms with Crippen LogP contribution in [0.5, 0.6) is 0 Å². The van der Waals surface area contributed by atoms with Gasteiger partial charge in [-0.3, -0.25) is 0 Å². The average molecular weight is 1130 g/mol. The zero-order valence-electron chi connectivity index (χ0n) is 41.1. The molecule has 4 heterocycles. The van der Waals surface area contributed by atoms with Gasteiger partial charge >= 0.3 is 0 Å². The van der Waals surface area contributed by atoms with E-state index in [2.05, 4.69) is 197 Å². The molecule has 368 valence electrons. The lowest BCUT2D eigenvalue weighted by Gasteiger charge is -2.08. The first-order valence-electron chi connectivity index (χ1n) is 24.8. The Labute approximate surface area is 452 Å².